The number of hydrogen-bond acceptors (Lipinski definition) is 4. The van der Waals surface area contributed by atoms with Crippen molar-refractivity contribution in [2.75, 3.05) is 25.3 Å². The Bertz CT molecular complexity index is 748. The average molecular weight is 367 g/mol. The minimum absolute atomic E-state index is 0.0710. The van der Waals surface area contributed by atoms with Gasteiger partial charge >= 0.3 is 0 Å². The molecule has 25 heavy (non-hydrogen) atoms. The van der Waals surface area contributed by atoms with Crippen molar-refractivity contribution in [3.63, 3.8) is 0 Å². The van der Waals surface area contributed by atoms with Crippen LogP contribution < -0.4 is 14.8 Å². The lowest BCUT2D eigenvalue weighted by Crippen LogP contribution is -2.16. The predicted molar refractivity (Wildman–Crippen MR) is 95.4 cm³/mol. The Kier molecular flexibility index (Phi) is 6.64. The van der Waals surface area contributed by atoms with E-state index in [1.54, 1.807) is 14.2 Å². The first-order valence-corrected chi connectivity index (χ1v) is 8.64. The maximum Gasteiger partial charge on any atom is 0.234 e. The number of thioether (sulfide) groups is 1. The fourth-order valence-electron chi connectivity index (χ4n) is 2.22. The van der Waals surface area contributed by atoms with E-state index in [1.165, 1.54) is 17.8 Å². The number of para-hydroxylation sites is 1. The highest BCUT2D eigenvalue weighted by molar-refractivity contribution is 7.99. The van der Waals surface area contributed by atoms with Crippen LogP contribution in [0.2, 0.25) is 0 Å². The highest BCUT2D eigenvalue weighted by atomic mass is 32.2. The number of methoxy groups -OCH3 is 2. The molecular weight excluding hydrogens is 348 g/mol. The molecule has 2 aromatic rings. The minimum atomic E-state index is -0.797. The third-order valence-corrected chi connectivity index (χ3v) is 4.54. The summed E-state index contributed by atoms with van der Waals surface area (Å²) in [5.74, 6) is -0.181. The van der Waals surface area contributed by atoms with E-state index in [1.807, 2.05) is 19.1 Å². The Hall–Kier alpha value is -2.28. The number of carbonyl (C=O) groups excluding carboxylic acids is 1. The van der Waals surface area contributed by atoms with Crippen LogP contribution in [0.15, 0.2) is 30.3 Å². The second-order valence-corrected chi connectivity index (χ2v) is 6.26. The number of carbonyl (C=O) groups is 1. The van der Waals surface area contributed by atoms with E-state index < -0.39 is 23.2 Å². The average Bonchev–Trinajstić information content (AvgIpc) is 2.59. The smallest absolute Gasteiger partial charge is 0.234 e. The van der Waals surface area contributed by atoms with E-state index >= 15 is 0 Å². The molecule has 0 spiro atoms. The van der Waals surface area contributed by atoms with Gasteiger partial charge in [0.15, 0.2) is 11.5 Å². The Morgan fingerprint density at radius 2 is 1.72 bits per heavy atom. The number of anilines is 1. The van der Waals surface area contributed by atoms with Crippen LogP contribution in [0.5, 0.6) is 11.5 Å². The van der Waals surface area contributed by atoms with E-state index in [0.29, 0.717) is 17.3 Å². The van der Waals surface area contributed by atoms with E-state index in [4.69, 9.17) is 9.47 Å². The third-order valence-electron chi connectivity index (χ3n) is 3.56. The first kappa shape index (κ1) is 19.1. The van der Waals surface area contributed by atoms with Gasteiger partial charge in [-0.1, -0.05) is 6.07 Å². The van der Waals surface area contributed by atoms with Crippen molar-refractivity contribution in [1.29, 1.82) is 0 Å². The summed E-state index contributed by atoms with van der Waals surface area (Å²) in [6.45, 7) is 1.94. The molecule has 1 amide bonds. The Balaban J connectivity index is 1.95. The minimum Gasteiger partial charge on any atom is -0.493 e. The number of benzene rings is 2. The second-order valence-electron chi connectivity index (χ2n) is 5.27. The van der Waals surface area contributed by atoms with Gasteiger partial charge in [-0.2, -0.15) is 0 Å². The standard InChI is InChI=1S/C18H19F2NO3S/c1-11-7-15(23-2)16(24-3)8-12(11)9-25-10-17(22)21-18-13(19)5-4-6-14(18)20/h4-8H,9-10H2,1-3H3,(H,21,22). The summed E-state index contributed by atoms with van der Waals surface area (Å²) < 4.78 is 37.5. The highest BCUT2D eigenvalue weighted by Gasteiger charge is 2.13. The normalized spacial score (nSPS) is 10.4. The molecule has 0 unspecified atom stereocenters. The van der Waals surface area contributed by atoms with Crippen LogP contribution in [-0.2, 0) is 10.5 Å². The van der Waals surface area contributed by atoms with E-state index in [-0.39, 0.29) is 5.75 Å². The molecule has 7 heteroatoms. The number of hydrogen-bond donors (Lipinski definition) is 1. The molecule has 0 atom stereocenters. The van der Waals surface area contributed by atoms with Gasteiger partial charge in [0.1, 0.15) is 17.3 Å². The van der Waals surface area contributed by atoms with Gasteiger partial charge in [0, 0.05) is 5.75 Å². The maximum absolute atomic E-state index is 13.5. The SMILES string of the molecule is COc1cc(C)c(CSCC(=O)Nc2c(F)cccc2F)cc1OC. The summed E-state index contributed by atoms with van der Waals surface area (Å²) in [7, 11) is 3.12. The Morgan fingerprint density at radius 1 is 1.12 bits per heavy atom. The molecule has 0 saturated carbocycles. The zero-order chi connectivity index (χ0) is 18.4. The van der Waals surface area contributed by atoms with Crippen LogP contribution >= 0.6 is 11.8 Å². The summed E-state index contributed by atoms with van der Waals surface area (Å²) in [4.78, 5) is 11.9. The lowest BCUT2D eigenvalue weighted by atomic mass is 10.1. The van der Waals surface area contributed by atoms with Crippen LogP contribution in [0.25, 0.3) is 0 Å². The van der Waals surface area contributed by atoms with Crippen LogP contribution in [0, 0.1) is 18.6 Å². The molecule has 0 aliphatic rings. The van der Waals surface area contributed by atoms with Crippen molar-refractivity contribution in [2.45, 2.75) is 12.7 Å². The number of amides is 1. The number of nitrogens with one attached hydrogen (secondary N) is 1. The van der Waals surface area contributed by atoms with Gasteiger partial charge in [-0.3, -0.25) is 4.79 Å². The summed E-state index contributed by atoms with van der Waals surface area (Å²) in [6.07, 6.45) is 0. The third kappa shape index (κ3) is 4.85. The summed E-state index contributed by atoms with van der Waals surface area (Å²) in [6, 6.07) is 7.16. The largest absolute Gasteiger partial charge is 0.493 e. The second kappa shape index (κ2) is 8.71. The number of aryl methyl sites for hydroxylation is 1. The van der Waals surface area contributed by atoms with Crippen molar-refractivity contribution >= 4 is 23.4 Å². The molecule has 0 fully saturated rings. The fraction of sp³-hybridized carbons (Fsp3) is 0.278. The summed E-state index contributed by atoms with van der Waals surface area (Å²) in [5.41, 5.74) is 1.58. The molecule has 0 aromatic heterocycles. The zero-order valence-electron chi connectivity index (χ0n) is 14.2. The topological polar surface area (TPSA) is 47.6 Å². The molecule has 0 heterocycles. The fourth-order valence-corrected chi connectivity index (χ4v) is 3.12. The number of halogens is 2. The molecule has 0 bridgehead atoms. The molecular formula is C18H19F2NO3S. The monoisotopic (exact) mass is 367 g/mol. The van der Waals surface area contributed by atoms with Crippen molar-refractivity contribution < 1.29 is 23.0 Å². The quantitative estimate of drug-likeness (QED) is 0.798. The van der Waals surface area contributed by atoms with Gasteiger partial charge in [-0.25, -0.2) is 8.78 Å². The highest BCUT2D eigenvalue weighted by Crippen LogP contribution is 2.32. The van der Waals surface area contributed by atoms with Crippen LogP contribution in [-0.4, -0.2) is 25.9 Å². The van der Waals surface area contributed by atoms with Crippen molar-refractivity contribution in [1.82, 2.24) is 0 Å². The summed E-state index contributed by atoms with van der Waals surface area (Å²) in [5, 5.41) is 2.27. The molecule has 4 nitrogen and oxygen atoms in total. The summed E-state index contributed by atoms with van der Waals surface area (Å²) >= 11 is 1.34. The molecule has 134 valence electrons. The maximum atomic E-state index is 13.5. The predicted octanol–water partition coefficient (Wildman–Crippen LogP) is 4.16. The van der Waals surface area contributed by atoms with Gasteiger partial charge in [0.05, 0.1) is 20.0 Å². The Morgan fingerprint density at radius 3 is 2.32 bits per heavy atom. The van der Waals surface area contributed by atoms with Gasteiger partial charge in [0.2, 0.25) is 5.91 Å². The molecule has 0 radical (unpaired) electrons. The lowest BCUT2D eigenvalue weighted by Gasteiger charge is -2.12. The first-order chi connectivity index (χ1) is 12.0. The lowest BCUT2D eigenvalue weighted by molar-refractivity contribution is -0.113. The van der Waals surface area contributed by atoms with Crippen LogP contribution in [0.4, 0.5) is 14.5 Å². The van der Waals surface area contributed by atoms with Gasteiger partial charge in [-0.15, -0.1) is 11.8 Å². The first-order valence-electron chi connectivity index (χ1n) is 7.49. The van der Waals surface area contributed by atoms with Gasteiger partial charge in [0.25, 0.3) is 0 Å². The van der Waals surface area contributed by atoms with Gasteiger partial charge in [-0.05, 0) is 42.3 Å². The van der Waals surface area contributed by atoms with E-state index in [2.05, 4.69) is 5.32 Å². The molecule has 0 aliphatic heterocycles. The van der Waals surface area contributed by atoms with Crippen molar-refractivity contribution in [3.8, 4) is 11.5 Å². The number of rotatable bonds is 7. The Labute approximate surface area is 149 Å². The molecule has 1 N–H and O–H groups in total. The molecule has 2 aromatic carbocycles. The number of ether oxygens (including phenoxy) is 2. The zero-order valence-corrected chi connectivity index (χ0v) is 15.0. The van der Waals surface area contributed by atoms with E-state index in [0.717, 1.165) is 23.3 Å². The van der Waals surface area contributed by atoms with Crippen molar-refractivity contribution in [2.24, 2.45) is 0 Å². The molecule has 0 aliphatic carbocycles. The molecule has 0 saturated heterocycles. The van der Waals surface area contributed by atoms with E-state index in [9.17, 15) is 13.6 Å². The van der Waals surface area contributed by atoms with Gasteiger partial charge < -0.3 is 14.8 Å². The van der Waals surface area contributed by atoms with Crippen molar-refractivity contribution in [3.05, 3.63) is 53.1 Å². The van der Waals surface area contributed by atoms with Crippen LogP contribution in [0.1, 0.15) is 11.1 Å². The molecule has 2 rings (SSSR count). The van der Waals surface area contributed by atoms with Crippen LogP contribution in [0.3, 0.4) is 0 Å².